The van der Waals surface area contributed by atoms with E-state index in [-0.39, 0.29) is 8.15 Å². The highest BCUT2D eigenvalue weighted by Gasteiger charge is 2.07. The second-order valence-corrected chi connectivity index (χ2v) is 3.50. The lowest BCUT2D eigenvalue weighted by molar-refractivity contribution is 0.389. The van der Waals surface area contributed by atoms with Gasteiger partial charge in [-0.1, -0.05) is 0 Å². The summed E-state index contributed by atoms with van der Waals surface area (Å²) in [6.07, 6.45) is 2.62. The van der Waals surface area contributed by atoms with E-state index in [1.54, 1.807) is 0 Å². The normalized spacial score (nSPS) is 34.5. The van der Waals surface area contributed by atoms with E-state index in [1.807, 2.05) is 0 Å². The number of hydrogen-bond donors (Lipinski definition) is 0. The van der Waals surface area contributed by atoms with Crippen molar-refractivity contribution in [3.63, 3.8) is 0 Å². The Balaban J connectivity index is 2.18. The monoisotopic (exact) mass is 104 g/mol. The molecule has 0 unspecified atom stereocenters. The van der Waals surface area contributed by atoms with Gasteiger partial charge in [0.2, 0.25) is 0 Å². The lowest BCUT2D eigenvalue weighted by atomic mass is 10.5. The first-order chi connectivity index (χ1) is 2.89. The summed E-state index contributed by atoms with van der Waals surface area (Å²) in [6.45, 7) is 3.20. The van der Waals surface area contributed by atoms with Crippen LogP contribution in [0.1, 0.15) is 6.42 Å². The molecule has 1 heterocycles. The molecule has 0 bridgehead atoms. The van der Waals surface area contributed by atoms with E-state index in [1.165, 1.54) is 12.6 Å². The van der Waals surface area contributed by atoms with Crippen molar-refractivity contribution in [1.82, 2.24) is 0 Å². The molecular formula is C4H9OP. The van der Waals surface area contributed by atoms with Gasteiger partial charge in [-0.15, -0.1) is 0 Å². The SMILES string of the molecule is C[P@]1CCCO1. The van der Waals surface area contributed by atoms with Crippen molar-refractivity contribution in [2.45, 2.75) is 6.42 Å². The maximum atomic E-state index is 5.22. The second-order valence-electron chi connectivity index (χ2n) is 1.54. The van der Waals surface area contributed by atoms with Gasteiger partial charge in [-0.3, -0.25) is 0 Å². The average molecular weight is 104 g/mol. The summed E-state index contributed by atoms with van der Waals surface area (Å²) >= 11 is 0. The van der Waals surface area contributed by atoms with Gasteiger partial charge in [-0.2, -0.15) is 0 Å². The van der Waals surface area contributed by atoms with Crippen molar-refractivity contribution < 1.29 is 4.52 Å². The summed E-state index contributed by atoms with van der Waals surface area (Å²) in [5.74, 6) is 0. The summed E-state index contributed by atoms with van der Waals surface area (Å²) in [6, 6.07) is 0. The van der Waals surface area contributed by atoms with E-state index in [2.05, 4.69) is 6.66 Å². The Bertz CT molecular complexity index is 40.8. The van der Waals surface area contributed by atoms with Gasteiger partial charge in [0.15, 0.2) is 0 Å². The van der Waals surface area contributed by atoms with Gasteiger partial charge >= 0.3 is 0 Å². The third-order valence-electron chi connectivity index (χ3n) is 0.929. The largest absolute Gasteiger partial charge is 0.359 e. The zero-order chi connectivity index (χ0) is 4.41. The third-order valence-corrected chi connectivity index (χ3v) is 2.50. The summed E-state index contributed by atoms with van der Waals surface area (Å²) in [7, 11) is 0.0350. The maximum absolute atomic E-state index is 5.22. The molecule has 0 aromatic rings. The summed E-state index contributed by atoms with van der Waals surface area (Å²) in [5, 5.41) is 0. The molecule has 0 aliphatic carbocycles. The molecule has 1 atom stereocenters. The topological polar surface area (TPSA) is 9.23 Å². The fraction of sp³-hybridized carbons (Fsp3) is 1.00. The first-order valence-electron chi connectivity index (χ1n) is 2.23. The molecule has 0 amide bonds. The molecule has 0 aromatic heterocycles. The van der Waals surface area contributed by atoms with E-state index in [0.717, 1.165) is 6.61 Å². The lowest BCUT2D eigenvalue weighted by Gasteiger charge is -1.94. The van der Waals surface area contributed by atoms with Gasteiger partial charge in [-0.05, 0) is 19.2 Å². The minimum atomic E-state index is 0.0350. The maximum Gasteiger partial charge on any atom is 0.0512 e. The number of rotatable bonds is 0. The van der Waals surface area contributed by atoms with Crippen molar-refractivity contribution in [2.24, 2.45) is 0 Å². The van der Waals surface area contributed by atoms with E-state index < -0.39 is 0 Å². The Morgan fingerprint density at radius 2 is 2.50 bits per heavy atom. The van der Waals surface area contributed by atoms with Gasteiger partial charge in [0.25, 0.3) is 0 Å². The van der Waals surface area contributed by atoms with Crippen molar-refractivity contribution in [3.8, 4) is 0 Å². The zero-order valence-corrected chi connectivity index (χ0v) is 4.87. The van der Waals surface area contributed by atoms with E-state index in [4.69, 9.17) is 4.52 Å². The van der Waals surface area contributed by atoms with Crippen LogP contribution in [0.15, 0.2) is 0 Å². The van der Waals surface area contributed by atoms with Gasteiger partial charge in [0.05, 0.1) is 6.61 Å². The van der Waals surface area contributed by atoms with Crippen LogP contribution in [0.2, 0.25) is 0 Å². The van der Waals surface area contributed by atoms with E-state index in [9.17, 15) is 0 Å². The molecule has 0 spiro atoms. The van der Waals surface area contributed by atoms with Crippen LogP contribution in [0.25, 0.3) is 0 Å². The average Bonchev–Trinajstić information content (AvgIpc) is 1.86. The van der Waals surface area contributed by atoms with Gasteiger partial charge in [0, 0.05) is 8.15 Å². The Hall–Kier alpha value is 0.390. The molecular weight excluding hydrogens is 95.0 g/mol. The first kappa shape index (κ1) is 4.55. The van der Waals surface area contributed by atoms with E-state index in [0.29, 0.717) is 0 Å². The highest BCUT2D eigenvalue weighted by molar-refractivity contribution is 7.51. The Morgan fingerprint density at radius 3 is 2.67 bits per heavy atom. The first-order valence-corrected chi connectivity index (χ1v) is 4.13. The van der Waals surface area contributed by atoms with E-state index >= 15 is 0 Å². The predicted octanol–water partition coefficient (Wildman–Crippen LogP) is 1.43. The molecule has 1 saturated heterocycles. The fourth-order valence-corrected chi connectivity index (χ4v) is 1.72. The molecule has 6 heavy (non-hydrogen) atoms. The Morgan fingerprint density at radius 1 is 1.67 bits per heavy atom. The molecule has 0 aromatic carbocycles. The molecule has 1 aliphatic heterocycles. The highest BCUT2D eigenvalue weighted by atomic mass is 31.1. The van der Waals surface area contributed by atoms with Gasteiger partial charge in [0.1, 0.15) is 0 Å². The molecule has 1 fully saturated rings. The van der Waals surface area contributed by atoms with Crippen LogP contribution in [0.5, 0.6) is 0 Å². The summed E-state index contributed by atoms with van der Waals surface area (Å²) in [5.41, 5.74) is 0. The fourth-order valence-electron chi connectivity index (χ4n) is 0.572. The van der Waals surface area contributed by atoms with Gasteiger partial charge < -0.3 is 4.52 Å². The van der Waals surface area contributed by atoms with Crippen LogP contribution in [0.4, 0.5) is 0 Å². The molecule has 1 nitrogen and oxygen atoms in total. The second kappa shape index (κ2) is 1.90. The number of hydrogen-bond acceptors (Lipinski definition) is 1. The molecule has 0 N–H and O–H groups in total. The molecule has 0 radical (unpaired) electrons. The smallest absolute Gasteiger partial charge is 0.0512 e. The van der Waals surface area contributed by atoms with Crippen molar-refractivity contribution >= 4 is 8.15 Å². The van der Waals surface area contributed by atoms with Crippen molar-refractivity contribution in [1.29, 1.82) is 0 Å². The van der Waals surface area contributed by atoms with Crippen LogP contribution in [-0.4, -0.2) is 19.4 Å². The minimum absolute atomic E-state index is 0.0350. The Kier molecular flexibility index (Phi) is 1.44. The summed E-state index contributed by atoms with van der Waals surface area (Å²) < 4.78 is 5.22. The zero-order valence-electron chi connectivity index (χ0n) is 3.98. The van der Waals surface area contributed by atoms with Crippen LogP contribution in [0, 0.1) is 0 Å². The Labute approximate surface area is 39.5 Å². The summed E-state index contributed by atoms with van der Waals surface area (Å²) in [4.78, 5) is 0. The third kappa shape index (κ3) is 0.924. The quantitative estimate of drug-likeness (QED) is 0.422. The van der Waals surface area contributed by atoms with Crippen LogP contribution < -0.4 is 0 Å². The standard InChI is InChI=1S/C4H9OP/c1-6-4-2-3-5-6/h2-4H2,1H3/t6-/m1/s1. The van der Waals surface area contributed by atoms with Crippen LogP contribution >= 0.6 is 8.15 Å². The van der Waals surface area contributed by atoms with Crippen LogP contribution in [-0.2, 0) is 4.52 Å². The molecule has 36 valence electrons. The molecule has 0 saturated carbocycles. The molecule has 2 heteroatoms. The van der Waals surface area contributed by atoms with Crippen LogP contribution in [0.3, 0.4) is 0 Å². The predicted molar refractivity (Wildman–Crippen MR) is 28.3 cm³/mol. The molecule has 1 rings (SSSR count). The lowest BCUT2D eigenvalue weighted by Crippen LogP contribution is -1.69. The highest BCUT2D eigenvalue weighted by Crippen LogP contribution is 2.37. The molecule has 1 aliphatic rings. The van der Waals surface area contributed by atoms with Crippen molar-refractivity contribution in [3.05, 3.63) is 0 Å². The minimum Gasteiger partial charge on any atom is -0.359 e. The van der Waals surface area contributed by atoms with Gasteiger partial charge in [-0.25, -0.2) is 0 Å². The van der Waals surface area contributed by atoms with Crippen molar-refractivity contribution in [2.75, 3.05) is 19.4 Å².